The highest BCUT2D eigenvalue weighted by atomic mass is 31.1. The molecule has 0 radical (unpaired) electrons. The van der Waals surface area contributed by atoms with E-state index in [9.17, 15) is 14.3 Å². The maximum absolute atomic E-state index is 10.5. The molecule has 0 heterocycles. The summed E-state index contributed by atoms with van der Waals surface area (Å²) in [5.74, 6) is -3.64. The highest BCUT2D eigenvalue weighted by molar-refractivity contribution is 7.37. The largest absolute Gasteiger partial charge is 0.593 e. The van der Waals surface area contributed by atoms with E-state index in [4.69, 9.17) is 20.4 Å². The Bertz CT molecular complexity index is 236. The average Bonchev–Trinajstić information content (AvgIpc) is 2.16. The first-order valence-electron chi connectivity index (χ1n) is 3.96. The van der Waals surface area contributed by atoms with Gasteiger partial charge in [-0.15, -0.1) is 0 Å². The highest BCUT2D eigenvalue weighted by Crippen LogP contribution is 2.18. The monoisotopic (exact) mass is 241 g/mol. The lowest BCUT2D eigenvalue weighted by Crippen LogP contribution is -2.48. The molecule has 0 aromatic rings. The Morgan fingerprint density at radius 2 is 2.00 bits per heavy atom. The van der Waals surface area contributed by atoms with E-state index in [2.05, 4.69) is 5.32 Å². The fourth-order valence-corrected chi connectivity index (χ4v) is 1.25. The Kier molecular flexibility index (Phi) is 6.50. The number of aliphatic carboxylic acids is 1. The normalized spacial score (nSPS) is 18.0. The molecule has 0 aromatic carbocycles. The zero-order chi connectivity index (χ0) is 12.0. The predicted molar refractivity (Wildman–Crippen MR) is 46.1 cm³/mol. The van der Waals surface area contributed by atoms with Crippen molar-refractivity contribution in [3.05, 3.63) is 0 Å². The van der Waals surface area contributed by atoms with Gasteiger partial charge in [-0.1, -0.05) is 4.57 Å². The minimum Gasteiger partial charge on any atom is -0.593 e. The van der Waals surface area contributed by atoms with Crippen LogP contribution in [0.1, 0.15) is 0 Å². The van der Waals surface area contributed by atoms with Crippen LogP contribution in [0.3, 0.4) is 0 Å². The van der Waals surface area contributed by atoms with Crippen molar-refractivity contribution in [3.8, 4) is 0 Å². The molecule has 0 aliphatic carbocycles. The molecule has 0 aromatic heterocycles. The van der Waals surface area contributed by atoms with E-state index >= 15 is 0 Å². The van der Waals surface area contributed by atoms with Crippen LogP contribution in [-0.4, -0.2) is 57.5 Å². The molecule has 0 bridgehead atoms. The van der Waals surface area contributed by atoms with Crippen molar-refractivity contribution in [3.63, 3.8) is 0 Å². The summed E-state index contributed by atoms with van der Waals surface area (Å²) in [7, 11) is -3.30. The minimum absolute atomic E-state index is 0.340. The molecule has 4 atom stereocenters. The fraction of sp³-hybridized carbons (Fsp3) is 0.833. The number of carbonyl (C=O) groups is 1. The third-order valence-corrected chi connectivity index (χ3v) is 2.29. The van der Waals surface area contributed by atoms with E-state index in [1.807, 2.05) is 0 Å². The summed E-state index contributed by atoms with van der Waals surface area (Å²) >= 11 is 0. The van der Waals surface area contributed by atoms with Crippen LogP contribution >= 0.6 is 8.03 Å². The van der Waals surface area contributed by atoms with Crippen LogP contribution in [0.25, 0.3) is 0 Å². The first-order valence-corrected chi connectivity index (χ1v) is 5.21. The van der Waals surface area contributed by atoms with Crippen molar-refractivity contribution in [2.75, 3.05) is 13.2 Å². The molecule has 0 amide bonds. The Labute approximate surface area is 86.0 Å². The summed E-state index contributed by atoms with van der Waals surface area (Å²) in [6.07, 6.45) is -1.22. The van der Waals surface area contributed by atoms with Gasteiger partial charge in [0, 0.05) is 6.54 Å². The number of rotatable bonds is 7. The van der Waals surface area contributed by atoms with E-state index in [1.54, 1.807) is 0 Å². The van der Waals surface area contributed by atoms with Crippen molar-refractivity contribution >= 4 is 14.0 Å². The van der Waals surface area contributed by atoms with Crippen molar-refractivity contribution in [2.45, 2.75) is 18.0 Å². The van der Waals surface area contributed by atoms with Crippen LogP contribution in [0.4, 0.5) is 0 Å². The number of carboxylic acid groups (broad SMARTS) is 1. The van der Waals surface area contributed by atoms with Crippen LogP contribution in [-0.2, 0) is 9.36 Å². The number of aliphatic hydroxyl groups is 3. The van der Waals surface area contributed by atoms with E-state index in [0.29, 0.717) is 0 Å². The quantitative estimate of drug-likeness (QED) is 0.292. The second-order valence-corrected chi connectivity index (χ2v) is 3.86. The SMILES string of the molecule is O=C(O)[C@@H](NCC(O)CO)C(O)[P+](=O)[O-]. The number of hydrogen-bond acceptors (Lipinski definition) is 7. The molecule has 0 aliphatic rings. The molecule has 8 nitrogen and oxygen atoms in total. The first-order chi connectivity index (χ1) is 6.90. The Balaban J connectivity index is 4.29. The van der Waals surface area contributed by atoms with Crippen molar-refractivity contribution < 1.29 is 34.7 Å². The van der Waals surface area contributed by atoms with Gasteiger partial charge in [0.1, 0.15) is 0 Å². The molecular weight excluding hydrogens is 229 g/mol. The van der Waals surface area contributed by atoms with E-state index in [0.717, 1.165) is 0 Å². The zero-order valence-corrected chi connectivity index (χ0v) is 8.50. The van der Waals surface area contributed by atoms with Crippen LogP contribution in [0.2, 0.25) is 0 Å². The maximum Gasteiger partial charge on any atom is 0.343 e. The Morgan fingerprint density at radius 1 is 1.47 bits per heavy atom. The lowest BCUT2D eigenvalue weighted by atomic mass is 10.3. The lowest BCUT2D eigenvalue weighted by molar-refractivity contribution is -0.175. The second kappa shape index (κ2) is 6.78. The zero-order valence-electron chi connectivity index (χ0n) is 7.61. The number of carboxylic acids is 1. The molecule has 0 rings (SSSR count). The molecule has 3 unspecified atom stereocenters. The van der Waals surface area contributed by atoms with Gasteiger partial charge >= 0.3 is 14.0 Å². The Morgan fingerprint density at radius 3 is 2.33 bits per heavy atom. The molecule has 88 valence electrons. The Hall–Kier alpha value is -0.630. The van der Waals surface area contributed by atoms with Gasteiger partial charge < -0.3 is 25.3 Å². The smallest absolute Gasteiger partial charge is 0.343 e. The van der Waals surface area contributed by atoms with Crippen molar-refractivity contribution in [1.29, 1.82) is 0 Å². The van der Waals surface area contributed by atoms with Crippen LogP contribution in [0.5, 0.6) is 0 Å². The molecule has 0 fully saturated rings. The molecule has 5 N–H and O–H groups in total. The van der Waals surface area contributed by atoms with Gasteiger partial charge in [-0.25, -0.2) is 0 Å². The summed E-state index contributed by atoms with van der Waals surface area (Å²) in [5, 5.41) is 36.9. The lowest BCUT2D eigenvalue weighted by Gasteiger charge is -2.16. The predicted octanol–water partition coefficient (Wildman–Crippen LogP) is -3.20. The topological polar surface area (TPSA) is 150 Å². The number of aliphatic hydroxyl groups excluding tert-OH is 3. The van der Waals surface area contributed by atoms with Gasteiger partial charge in [0.25, 0.3) is 5.85 Å². The van der Waals surface area contributed by atoms with Gasteiger partial charge in [0.2, 0.25) is 0 Å². The van der Waals surface area contributed by atoms with Gasteiger partial charge in [0.15, 0.2) is 6.04 Å². The summed E-state index contributed by atoms with van der Waals surface area (Å²) < 4.78 is 10.3. The minimum atomic E-state index is -3.30. The van der Waals surface area contributed by atoms with E-state index < -0.39 is 38.6 Å². The van der Waals surface area contributed by atoms with E-state index in [1.165, 1.54) is 0 Å². The molecular formula is C6H12NO7P. The third-order valence-electron chi connectivity index (χ3n) is 1.56. The average molecular weight is 241 g/mol. The molecule has 9 heteroatoms. The van der Waals surface area contributed by atoms with Crippen LogP contribution in [0.15, 0.2) is 0 Å². The molecule has 0 aliphatic heterocycles. The fourth-order valence-electron chi connectivity index (χ4n) is 0.770. The maximum atomic E-state index is 10.5. The van der Waals surface area contributed by atoms with E-state index in [-0.39, 0.29) is 6.54 Å². The number of hydrogen-bond donors (Lipinski definition) is 5. The first kappa shape index (κ1) is 14.4. The van der Waals surface area contributed by atoms with Gasteiger partial charge in [0.05, 0.1) is 12.7 Å². The summed E-state index contributed by atoms with van der Waals surface area (Å²) in [6, 6.07) is -1.73. The van der Waals surface area contributed by atoms with Gasteiger partial charge in [-0.2, -0.15) is 0 Å². The van der Waals surface area contributed by atoms with Gasteiger partial charge in [-0.05, 0) is 0 Å². The van der Waals surface area contributed by atoms with Crippen molar-refractivity contribution in [1.82, 2.24) is 5.32 Å². The standard InChI is InChI=1S/C6H12NO7P/c8-2-3(9)1-7-4(5(10)11)6(12)15(13)14/h3-4,6-9,12H,1-2H2,(H,10,11)/t3?,4-,6?/m1/s1. The molecule has 15 heavy (non-hydrogen) atoms. The molecule has 0 saturated carbocycles. The van der Waals surface area contributed by atoms with Crippen LogP contribution in [0, 0.1) is 0 Å². The second-order valence-electron chi connectivity index (χ2n) is 2.76. The summed E-state index contributed by atoms with van der Waals surface area (Å²) in [6.45, 7) is -0.938. The van der Waals surface area contributed by atoms with Gasteiger partial charge in [-0.3, -0.25) is 10.1 Å². The molecule has 0 spiro atoms. The summed E-state index contributed by atoms with van der Waals surface area (Å²) in [4.78, 5) is 20.8. The van der Waals surface area contributed by atoms with Crippen LogP contribution < -0.4 is 10.2 Å². The van der Waals surface area contributed by atoms with Crippen molar-refractivity contribution in [2.24, 2.45) is 0 Å². The summed E-state index contributed by atoms with van der Waals surface area (Å²) in [5.41, 5.74) is 0. The molecule has 0 saturated heterocycles. The number of nitrogens with one attached hydrogen (secondary N) is 1. The third kappa shape index (κ3) is 5.12. The highest BCUT2D eigenvalue weighted by Gasteiger charge is 2.35.